The number of methoxy groups -OCH3 is 2. The normalized spacial score (nSPS) is 11.0. The van der Waals surface area contributed by atoms with Gasteiger partial charge in [0.2, 0.25) is 5.95 Å². The van der Waals surface area contributed by atoms with Crippen LogP contribution in [0.5, 0.6) is 11.5 Å². The monoisotopic (exact) mass is 355 g/mol. The van der Waals surface area contributed by atoms with E-state index >= 15 is 0 Å². The molecule has 0 atom stereocenters. The Balaban J connectivity index is 1.92. The Labute approximate surface area is 149 Å². The van der Waals surface area contributed by atoms with Gasteiger partial charge in [0.1, 0.15) is 0 Å². The number of anilines is 1. The maximum Gasteiger partial charge on any atom is 0.282 e. The Hall–Kier alpha value is -3.62. The second-order valence-corrected chi connectivity index (χ2v) is 5.38. The molecule has 26 heavy (non-hydrogen) atoms. The second kappa shape index (κ2) is 7.09. The molecule has 3 rings (SSSR count). The van der Waals surface area contributed by atoms with Crippen LogP contribution in [0.25, 0.3) is 11.0 Å². The molecule has 1 aromatic heterocycles. The van der Waals surface area contributed by atoms with Crippen LogP contribution in [0, 0.1) is 10.1 Å². The number of fused-ring (bicyclic) bond motifs is 1. The number of hydrazone groups is 1. The first-order valence-electron chi connectivity index (χ1n) is 7.66. The molecule has 2 aromatic carbocycles. The van der Waals surface area contributed by atoms with Crippen LogP contribution in [0.3, 0.4) is 0 Å². The molecule has 0 saturated carbocycles. The molecule has 3 aromatic rings. The zero-order valence-electron chi connectivity index (χ0n) is 14.5. The van der Waals surface area contributed by atoms with E-state index < -0.39 is 4.92 Å². The van der Waals surface area contributed by atoms with Crippen molar-refractivity contribution >= 4 is 28.9 Å². The molecule has 9 heteroatoms. The van der Waals surface area contributed by atoms with E-state index in [9.17, 15) is 10.1 Å². The van der Waals surface area contributed by atoms with Crippen molar-refractivity contribution in [1.82, 2.24) is 9.55 Å². The number of ether oxygens (including phenoxy) is 2. The minimum absolute atomic E-state index is 0.141. The number of nitro benzene ring substituents is 1. The third kappa shape index (κ3) is 3.14. The third-order valence-electron chi connectivity index (χ3n) is 3.88. The van der Waals surface area contributed by atoms with Crippen LogP contribution < -0.4 is 14.9 Å². The molecule has 0 saturated heterocycles. The summed E-state index contributed by atoms with van der Waals surface area (Å²) in [7, 11) is 4.73. The maximum atomic E-state index is 11.3. The molecule has 0 spiro atoms. The van der Waals surface area contributed by atoms with Crippen LogP contribution in [0.15, 0.2) is 41.5 Å². The van der Waals surface area contributed by atoms with Crippen molar-refractivity contribution in [3.05, 3.63) is 52.1 Å². The van der Waals surface area contributed by atoms with Crippen LogP contribution in [0.1, 0.15) is 5.56 Å². The van der Waals surface area contributed by atoms with E-state index in [2.05, 4.69) is 15.5 Å². The Bertz CT molecular complexity index is 996. The summed E-state index contributed by atoms with van der Waals surface area (Å²) in [6.07, 6.45) is 1.35. The number of nitro groups is 1. The summed E-state index contributed by atoms with van der Waals surface area (Å²) in [4.78, 5) is 15.2. The molecule has 0 unspecified atom stereocenters. The predicted octanol–water partition coefficient (Wildman–Crippen LogP) is 2.94. The van der Waals surface area contributed by atoms with Gasteiger partial charge in [-0.25, -0.2) is 10.4 Å². The van der Waals surface area contributed by atoms with Gasteiger partial charge in [-0.15, -0.1) is 0 Å². The van der Waals surface area contributed by atoms with E-state index in [1.165, 1.54) is 32.6 Å². The van der Waals surface area contributed by atoms with Gasteiger partial charge in [-0.3, -0.25) is 10.1 Å². The first-order chi connectivity index (χ1) is 12.5. The van der Waals surface area contributed by atoms with Crippen molar-refractivity contribution in [3.8, 4) is 11.5 Å². The SMILES string of the molecule is COc1cc(/C=N\Nc2nc3ccccc3n2C)c([N+](=O)[O-])cc1OC. The molecule has 1 heterocycles. The highest BCUT2D eigenvalue weighted by atomic mass is 16.6. The molecule has 0 radical (unpaired) electrons. The fraction of sp³-hybridized carbons (Fsp3) is 0.176. The van der Waals surface area contributed by atoms with Gasteiger partial charge in [-0.2, -0.15) is 5.10 Å². The first-order valence-corrected chi connectivity index (χ1v) is 7.66. The zero-order valence-corrected chi connectivity index (χ0v) is 14.5. The smallest absolute Gasteiger partial charge is 0.282 e. The Morgan fingerprint density at radius 1 is 1.23 bits per heavy atom. The molecular formula is C17H17N5O4. The van der Waals surface area contributed by atoms with Crippen molar-refractivity contribution in [1.29, 1.82) is 0 Å². The van der Waals surface area contributed by atoms with E-state index in [1.54, 1.807) is 0 Å². The number of para-hydroxylation sites is 2. The Kier molecular flexibility index (Phi) is 4.70. The van der Waals surface area contributed by atoms with E-state index in [0.717, 1.165) is 11.0 Å². The fourth-order valence-corrected chi connectivity index (χ4v) is 2.55. The molecular weight excluding hydrogens is 338 g/mol. The first kappa shape index (κ1) is 17.2. The number of hydrogen-bond donors (Lipinski definition) is 1. The summed E-state index contributed by atoms with van der Waals surface area (Å²) < 4.78 is 12.1. The molecule has 0 fully saturated rings. The summed E-state index contributed by atoms with van der Waals surface area (Å²) in [6.45, 7) is 0. The average molecular weight is 355 g/mol. The molecule has 134 valence electrons. The minimum atomic E-state index is -0.502. The highest BCUT2D eigenvalue weighted by Crippen LogP contribution is 2.33. The van der Waals surface area contributed by atoms with Crippen molar-refractivity contribution in [2.45, 2.75) is 0 Å². The average Bonchev–Trinajstić information content (AvgIpc) is 2.97. The number of hydrogen-bond acceptors (Lipinski definition) is 7. The van der Waals surface area contributed by atoms with Crippen molar-refractivity contribution in [2.75, 3.05) is 19.6 Å². The van der Waals surface area contributed by atoms with Crippen LogP contribution in [0.4, 0.5) is 11.6 Å². The van der Waals surface area contributed by atoms with Gasteiger partial charge in [0, 0.05) is 7.05 Å². The van der Waals surface area contributed by atoms with Crippen LogP contribution >= 0.6 is 0 Å². The van der Waals surface area contributed by atoms with E-state index in [4.69, 9.17) is 9.47 Å². The molecule has 0 amide bonds. The summed E-state index contributed by atoms with van der Waals surface area (Å²) in [5, 5.41) is 15.4. The van der Waals surface area contributed by atoms with Gasteiger partial charge in [0.05, 0.1) is 48.0 Å². The zero-order chi connectivity index (χ0) is 18.7. The van der Waals surface area contributed by atoms with E-state index in [1.807, 2.05) is 35.9 Å². The number of aromatic nitrogens is 2. The lowest BCUT2D eigenvalue weighted by atomic mass is 10.1. The second-order valence-electron chi connectivity index (χ2n) is 5.38. The summed E-state index contributed by atoms with van der Waals surface area (Å²) in [6, 6.07) is 10.4. The Morgan fingerprint density at radius 3 is 2.58 bits per heavy atom. The fourth-order valence-electron chi connectivity index (χ4n) is 2.55. The van der Waals surface area contributed by atoms with Gasteiger partial charge in [0.25, 0.3) is 5.69 Å². The molecule has 0 bridgehead atoms. The summed E-state index contributed by atoms with van der Waals surface area (Å²) in [5.41, 5.74) is 4.72. The summed E-state index contributed by atoms with van der Waals surface area (Å²) >= 11 is 0. The third-order valence-corrected chi connectivity index (χ3v) is 3.88. The lowest BCUT2D eigenvalue weighted by Crippen LogP contribution is -2.01. The molecule has 0 aliphatic carbocycles. The molecule has 9 nitrogen and oxygen atoms in total. The number of nitrogens with one attached hydrogen (secondary N) is 1. The van der Waals surface area contributed by atoms with Crippen molar-refractivity contribution in [2.24, 2.45) is 12.1 Å². The van der Waals surface area contributed by atoms with Crippen molar-refractivity contribution < 1.29 is 14.4 Å². The van der Waals surface area contributed by atoms with Crippen LogP contribution in [0.2, 0.25) is 0 Å². The topological polar surface area (TPSA) is 104 Å². The predicted molar refractivity (Wildman–Crippen MR) is 98.1 cm³/mol. The van der Waals surface area contributed by atoms with Gasteiger partial charge in [0.15, 0.2) is 11.5 Å². The Morgan fingerprint density at radius 2 is 1.92 bits per heavy atom. The number of rotatable bonds is 6. The van der Waals surface area contributed by atoms with Crippen LogP contribution in [-0.2, 0) is 7.05 Å². The molecule has 1 N–H and O–H groups in total. The van der Waals surface area contributed by atoms with Gasteiger partial charge < -0.3 is 14.0 Å². The standard InChI is InChI=1S/C17H17N5O4/c1-21-13-7-5-4-6-12(13)19-17(21)20-18-10-11-8-15(25-2)16(26-3)9-14(11)22(23)24/h4-10H,1-3H3,(H,19,20)/b18-10-. The van der Waals surface area contributed by atoms with E-state index in [0.29, 0.717) is 11.7 Å². The highest BCUT2D eigenvalue weighted by Gasteiger charge is 2.18. The minimum Gasteiger partial charge on any atom is -0.493 e. The lowest BCUT2D eigenvalue weighted by Gasteiger charge is -2.08. The number of aryl methyl sites for hydroxylation is 1. The number of benzene rings is 2. The quantitative estimate of drug-likeness (QED) is 0.414. The lowest BCUT2D eigenvalue weighted by molar-refractivity contribution is -0.385. The number of nitrogens with zero attached hydrogens (tertiary/aromatic N) is 4. The largest absolute Gasteiger partial charge is 0.493 e. The van der Waals surface area contributed by atoms with Gasteiger partial charge >= 0.3 is 0 Å². The maximum absolute atomic E-state index is 11.3. The van der Waals surface area contributed by atoms with Crippen molar-refractivity contribution in [3.63, 3.8) is 0 Å². The number of imidazole rings is 1. The molecule has 0 aliphatic heterocycles. The summed E-state index contributed by atoms with van der Waals surface area (Å²) in [5.74, 6) is 1.17. The van der Waals surface area contributed by atoms with Crippen LogP contribution in [-0.4, -0.2) is 34.9 Å². The van der Waals surface area contributed by atoms with Gasteiger partial charge in [-0.05, 0) is 18.2 Å². The van der Waals surface area contributed by atoms with Gasteiger partial charge in [-0.1, -0.05) is 12.1 Å². The molecule has 0 aliphatic rings. The highest BCUT2D eigenvalue weighted by molar-refractivity contribution is 5.87. The van der Waals surface area contributed by atoms with E-state index in [-0.39, 0.29) is 17.0 Å².